The van der Waals surface area contributed by atoms with Crippen LogP contribution in [0.4, 0.5) is 0 Å². The maximum atomic E-state index is 6.01. The minimum absolute atomic E-state index is 0.370. The molecule has 1 aliphatic carbocycles. The molecule has 1 aromatic rings. The molecule has 0 spiro atoms. The summed E-state index contributed by atoms with van der Waals surface area (Å²) in [4.78, 5) is 0. The van der Waals surface area contributed by atoms with Crippen LogP contribution in [0.3, 0.4) is 0 Å². The molecule has 3 N–H and O–H groups in total. The summed E-state index contributed by atoms with van der Waals surface area (Å²) in [5.41, 5.74) is 7.10. The minimum atomic E-state index is 0.370. The maximum absolute atomic E-state index is 6.01. The summed E-state index contributed by atoms with van der Waals surface area (Å²) >= 11 is 6.01. The van der Waals surface area contributed by atoms with Crippen LogP contribution in [0, 0.1) is 0 Å². The zero-order valence-corrected chi connectivity index (χ0v) is 10.9. The van der Waals surface area contributed by atoms with Crippen LogP contribution in [0.5, 0.6) is 0 Å². The Morgan fingerprint density at radius 2 is 2.12 bits per heavy atom. The quantitative estimate of drug-likeness (QED) is 0.846. The Labute approximate surface area is 109 Å². The second-order valence-corrected chi connectivity index (χ2v) is 5.31. The Hall–Kier alpha value is -0.570. The largest absolute Gasteiger partial charge is 0.330 e. The number of hydrogen-bond acceptors (Lipinski definition) is 2. The number of nitrogens with one attached hydrogen (secondary N) is 1. The van der Waals surface area contributed by atoms with Gasteiger partial charge in [0.05, 0.1) is 0 Å². The number of rotatable bonds is 5. The number of nitrogens with two attached hydrogens (primary N) is 1. The van der Waals surface area contributed by atoms with Crippen molar-refractivity contribution < 1.29 is 0 Å². The maximum Gasteiger partial charge on any atom is 0.0408 e. The third-order valence-electron chi connectivity index (χ3n) is 3.61. The fourth-order valence-electron chi connectivity index (χ4n) is 2.54. The van der Waals surface area contributed by atoms with E-state index >= 15 is 0 Å². The molecule has 1 aromatic carbocycles. The molecule has 94 valence electrons. The molecule has 1 fully saturated rings. The second-order valence-electron chi connectivity index (χ2n) is 4.88. The molecule has 0 heterocycles. The third kappa shape index (κ3) is 3.70. The molecular formula is C14H21ClN2. The number of halogens is 1. The highest BCUT2D eigenvalue weighted by molar-refractivity contribution is 6.30. The monoisotopic (exact) mass is 252 g/mol. The van der Waals surface area contributed by atoms with E-state index in [2.05, 4.69) is 11.4 Å². The predicted octanol–water partition coefficient (Wildman–Crippen LogP) is 2.91. The van der Waals surface area contributed by atoms with E-state index in [0.29, 0.717) is 18.5 Å². The van der Waals surface area contributed by atoms with Crippen molar-refractivity contribution in [1.29, 1.82) is 0 Å². The van der Waals surface area contributed by atoms with Gasteiger partial charge in [0.25, 0.3) is 0 Å². The van der Waals surface area contributed by atoms with Gasteiger partial charge in [-0.1, -0.05) is 36.6 Å². The SMILES string of the molecule is NCC(CNC1CCCC1)c1cccc(Cl)c1. The van der Waals surface area contributed by atoms with E-state index in [-0.39, 0.29) is 0 Å². The van der Waals surface area contributed by atoms with Gasteiger partial charge in [0, 0.05) is 30.1 Å². The van der Waals surface area contributed by atoms with Crippen LogP contribution in [0.25, 0.3) is 0 Å². The van der Waals surface area contributed by atoms with Gasteiger partial charge in [0.2, 0.25) is 0 Å². The van der Waals surface area contributed by atoms with E-state index in [9.17, 15) is 0 Å². The highest BCUT2D eigenvalue weighted by atomic mass is 35.5. The number of hydrogen-bond donors (Lipinski definition) is 2. The predicted molar refractivity (Wildman–Crippen MR) is 73.5 cm³/mol. The van der Waals surface area contributed by atoms with Crippen LogP contribution in [-0.2, 0) is 0 Å². The van der Waals surface area contributed by atoms with E-state index in [1.807, 2.05) is 18.2 Å². The van der Waals surface area contributed by atoms with Gasteiger partial charge in [-0.2, -0.15) is 0 Å². The lowest BCUT2D eigenvalue weighted by Gasteiger charge is -2.19. The number of benzene rings is 1. The third-order valence-corrected chi connectivity index (χ3v) is 3.85. The van der Waals surface area contributed by atoms with E-state index in [4.69, 9.17) is 17.3 Å². The molecule has 0 aromatic heterocycles. The van der Waals surface area contributed by atoms with Crippen LogP contribution in [0.1, 0.15) is 37.2 Å². The molecule has 0 aliphatic heterocycles. The van der Waals surface area contributed by atoms with Crippen LogP contribution in [-0.4, -0.2) is 19.1 Å². The molecule has 1 unspecified atom stereocenters. The van der Waals surface area contributed by atoms with Gasteiger partial charge < -0.3 is 11.1 Å². The van der Waals surface area contributed by atoms with E-state index in [0.717, 1.165) is 11.6 Å². The smallest absolute Gasteiger partial charge is 0.0408 e. The van der Waals surface area contributed by atoms with Crippen LogP contribution >= 0.6 is 11.6 Å². The molecule has 0 bridgehead atoms. The first-order valence-corrected chi connectivity index (χ1v) is 6.86. The molecule has 1 saturated carbocycles. The van der Waals surface area contributed by atoms with Crippen molar-refractivity contribution in [1.82, 2.24) is 5.32 Å². The molecular weight excluding hydrogens is 232 g/mol. The molecule has 0 radical (unpaired) electrons. The topological polar surface area (TPSA) is 38.0 Å². The molecule has 2 nitrogen and oxygen atoms in total. The summed E-state index contributed by atoms with van der Waals surface area (Å²) in [7, 11) is 0. The van der Waals surface area contributed by atoms with Crippen LogP contribution < -0.4 is 11.1 Å². The Balaban J connectivity index is 1.91. The van der Waals surface area contributed by atoms with Gasteiger partial charge in [0.1, 0.15) is 0 Å². The molecule has 2 rings (SSSR count). The zero-order chi connectivity index (χ0) is 12.1. The summed E-state index contributed by atoms with van der Waals surface area (Å²) in [5, 5.41) is 4.42. The van der Waals surface area contributed by atoms with E-state index in [1.54, 1.807) is 0 Å². The summed E-state index contributed by atoms with van der Waals surface area (Å²) in [6.07, 6.45) is 5.35. The molecule has 3 heteroatoms. The average Bonchev–Trinajstić information content (AvgIpc) is 2.83. The minimum Gasteiger partial charge on any atom is -0.330 e. The fourth-order valence-corrected chi connectivity index (χ4v) is 2.74. The van der Waals surface area contributed by atoms with Crippen molar-refractivity contribution >= 4 is 11.6 Å². The van der Waals surface area contributed by atoms with Gasteiger partial charge in [-0.25, -0.2) is 0 Å². The highest BCUT2D eigenvalue weighted by Gasteiger charge is 2.17. The zero-order valence-electron chi connectivity index (χ0n) is 10.2. The van der Waals surface area contributed by atoms with Crippen LogP contribution in [0.2, 0.25) is 5.02 Å². The standard InChI is InChI=1S/C14H21ClN2/c15-13-5-3-4-11(8-13)12(9-16)10-17-14-6-1-2-7-14/h3-5,8,12,14,17H,1-2,6-7,9-10,16H2. The van der Waals surface area contributed by atoms with Crippen LogP contribution in [0.15, 0.2) is 24.3 Å². The lowest BCUT2D eigenvalue weighted by Crippen LogP contribution is -2.33. The molecule has 1 atom stereocenters. The van der Waals surface area contributed by atoms with Crippen molar-refractivity contribution in [2.24, 2.45) is 5.73 Å². The van der Waals surface area contributed by atoms with Gasteiger partial charge in [0.15, 0.2) is 0 Å². The van der Waals surface area contributed by atoms with Gasteiger partial charge >= 0.3 is 0 Å². The highest BCUT2D eigenvalue weighted by Crippen LogP contribution is 2.21. The summed E-state index contributed by atoms with van der Waals surface area (Å²) < 4.78 is 0. The van der Waals surface area contributed by atoms with E-state index in [1.165, 1.54) is 31.2 Å². The Morgan fingerprint density at radius 1 is 1.35 bits per heavy atom. The molecule has 0 saturated heterocycles. The lowest BCUT2D eigenvalue weighted by atomic mass is 9.99. The van der Waals surface area contributed by atoms with Gasteiger partial charge in [-0.3, -0.25) is 0 Å². The van der Waals surface area contributed by atoms with Crippen molar-refractivity contribution in [2.75, 3.05) is 13.1 Å². The first-order valence-electron chi connectivity index (χ1n) is 6.48. The van der Waals surface area contributed by atoms with Crippen molar-refractivity contribution in [2.45, 2.75) is 37.6 Å². The van der Waals surface area contributed by atoms with Crippen molar-refractivity contribution in [3.63, 3.8) is 0 Å². The lowest BCUT2D eigenvalue weighted by molar-refractivity contribution is 0.490. The Morgan fingerprint density at radius 3 is 2.76 bits per heavy atom. The first-order chi connectivity index (χ1) is 8.29. The first kappa shape index (κ1) is 12.9. The average molecular weight is 253 g/mol. The molecule has 17 heavy (non-hydrogen) atoms. The summed E-state index contributed by atoms with van der Waals surface area (Å²) in [6, 6.07) is 8.73. The van der Waals surface area contributed by atoms with Gasteiger partial charge in [-0.15, -0.1) is 0 Å². The molecule has 0 amide bonds. The van der Waals surface area contributed by atoms with Crippen molar-refractivity contribution in [3.8, 4) is 0 Å². The Bertz CT molecular complexity index is 348. The van der Waals surface area contributed by atoms with Gasteiger partial charge in [-0.05, 0) is 30.5 Å². The molecule has 1 aliphatic rings. The fraction of sp³-hybridized carbons (Fsp3) is 0.571. The Kier molecular flexibility index (Phi) is 4.84. The summed E-state index contributed by atoms with van der Waals surface area (Å²) in [5.74, 6) is 0.370. The summed E-state index contributed by atoms with van der Waals surface area (Å²) in [6.45, 7) is 1.63. The second kappa shape index (κ2) is 6.39. The normalized spacial score (nSPS) is 18.5. The van der Waals surface area contributed by atoms with E-state index < -0.39 is 0 Å². The van der Waals surface area contributed by atoms with Crippen molar-refractivity contribution in [3.05, 3.63) is 34.9 Å².